The van der Waals surface area contributed by atoms with Crippen LogP contribution in [0.4, 0.5) is 5.13 Å². The summed E-state index contributed by atoms with van der Waals surface area (Å²) in [5.74, 6) is -0.343. The highest BCUT2D eigenvalue weighted by Crippen LogP contribution is 2.35. The van der Waals surface area contributed by atoms with Crippen molar-refractivity contribution in [3.63, 3.8) is 0 Å². The first kappa shape index (κ1) is 14.1. The van der Waals surface area contributed by atoms with Gasteiger partial charge in [0.15, 0.2) is 15.2 Å². The molecule has 0 aliphatic carbocycles. The molecule has 2 aliphatic heterocycles. The second kappa shape index (κ2) is 5.50. The van der Waals surface area contributed by atoms with Crippen LogP contribution in [0.25, 0.3) is 0 Å². The van der Waals surface area contributed by atoms with Crippen LogP contribution in [0, 0.1) is 5.92 Å². The summed E-state index contributed by atoms with van der Waals surface area (Å²) in [5.41, 5.74) is 0. The van der Waals surface area contributed by atoms with Crippen LogP contribution in [0.3, 0.4) is 0 Å². The second-order valence-corrected chi connectivity index (χ2v) is 6.94. The van der Waals surface area contributed by atoms with Crippen LogP contribution >= 0.6 is 22.9 Å². The zero-order chi connectivity index (χ0) is 14.3. The van der Waals surface area contributed by atoms with Crippen molar-refractivity contribution in [1.82, 2.24) is 9.88 Å². The van der Waals surface area contributed by atoms with Gasteiger partial charge in [-0.25, -0.2) is 9.78 Å². The molecule has 2 fully saturated rings. The number of aromatic nitrogens is 1. The molecule has 3 rings (SSSR count). The number of carboxylic acids is 1. The fraction of sp³-hybridized carbons (Fsp3) is 0.692. The molecule has 0 spiro atoms. The molecule has 1 aromatic rings. The number of aromatic carboxylic acids is 1. The quantitative estimate of drug-likeness (QED) is 0.908. The Morgan fingerprint density at radius 3 is 2.95 bits per heavy atom. The summed E-state index contributed by atoms with van der Waals surface area (Å²) in [7, 11) is 2.20. The van der Waals surface area contributed by atoms with Gasteiger partial charge in [-0.2, -0.15) is 0 Å². The predicted octanol–water partition coefficient (Wildman–Crippen LogP) is 2.42. The molecule has 0 bridgehead atoms. The Hall–Kier alpha value is -0.850. The van der Waals surface area contributed by atoms with Gasteiger partial charge in [-0.1, -0.05) is 22.9 Å². The Kier molecular flexibility index (Phi) is 3.88. The summed E-state index contributed by atoms with van der Waals surface area (Å²) in [4.78, 5) is 20.1. The van der Waals surface area contributed by atoms with Gasteiger partial charge < -0.3 is 14.9 Å². The largest absolute Gasteiger partial charge is 0.477 e. The van der Waals surface area contributed by atoms with E-state index in [2.05, 4.69) is 21.8 Å². The number of fused-ring (bicyclic) bond motifs is 1. The van der Waals surface area contributed by atoms with Crippen LogP contribution in [0.15, 0.2) is 0 Å². The Balaban J connectivity index is 1.76. The summed E-state index contributed by atoms with van der Waals surface area (Å²) in [5, 5.41) is 9.92. The topological polar surface area (TPSA) is 56.7 Å². The van der Waals surface area contributed by atoms with E-state index in [0.29, 0.717) is 12.0 Å². The molecule has 2 atom stereocenters. The van der Waals surface area contributed by atoms with Crippen molar-refractivity contribution in [3.05, 3.63) is 10.0 Å². The van der Waals surface area contributed by atoms with E-state index in [0.717, 1.165) is 24.6 Å². The van der Waals surface area contributed by atoms with E-state index in [1.807, 2.05) is 0 Å². The zero-order valence-electron chi connectivity index (χ0n) is 11.4. The number of nitrogens with zero attached hydrogens (tertiary/aromatic N) is 3. The lowest BCUT2D eigenvalue weighted by Crippen LogP contribution is -2.52. The van der Waals surface area contributed by atoms with Crippen molar-refractivity contribution in [2.45, 2.75) is 25.3 Å². The van der Waals surface area contributed by atoms with E-state index >= 15 is 0 Å². The third-order valence-electron chi connectivity index (χ3n) is 4.39. The maximum Gasteiger partial charge on any atom is 0.349 e. The number of carbonyl (C=O) groups is 1. The van der Waals surface area contributed by atoms with Crippen LogP contribution in [0.1, 0.15) is 28.9 Å². The molecular formula is C13H18ClN3O2S. The highest BCUT2D eigenvalue weighted by atomic mass is 35.5. The van der Waals surface area contributed by atoms with E-state index in [1.54, 1.807) is 0 Å². The van der Waals surface area contributed by atoms with Gasteiger partial charge in [-0.15, -0.1) is 0 Å². The molecule has 0 amide bonds. The van der Waals surface area contributed by atoms with Crippen LogP contribution in [0.5, 0.6) is 0 Å². The molecule has 2 saturated heterocycles. The van der Waals surface area contributed by atoms with Gasteiger partial charge in [0.25, 0.3) is 0 Å². The van der Waals surface area contributed by atoms with Gasteiger partial charge in [0, 0.05) is 19.1 Å². The molecule has 0 radical (unpaired) electrons. The monoisotopic (exact) mass is 315 g/mol. The van der Waals surface area contributed by atoms with E-state index in [1.165, 1.54) is 30.7 Å². The van der Waals surface area contributed by atoms with Crippen LogP contribution in [-0.4, -0.2) is 53.7 Å². The number of hydrogen-bond acceptors (Lipinski definition) is 5. The molecule has 110 valence electrons. The summed E-state index contributed by atoms with van der Waals surface area (Å²) >= 11 is 7.09. The first-order chi connectivity index (χ1) is 9.56. The molecule has 0 saturated carbocycles. The number of likely N-dealkylation sites (tertiary alicyclic amines) is 1. The van der Waals surface area contributed by atoms with E-state index in [9.17, 15) is 4.79 Å². The van der Waals surface area contributed by atoms with Gasteiger partial charge in [0.2, 0.25) is 0 Å². The predicted molar refractivity (Wildman–Crippen MR) is 80.1 cm³/mol. The van der Waals surface area contributed by atoms with Crippen LogP contribution < -0.4 is 4.90 Å². The van der Waals surface area contributed by atoms with E-state index in [-0.39, 0.29) is 10.0 Å². The minimum atomic E-state index is -0.994. The highest BCUT2D eigenvalue weighted by Gasteiger charge is 2.35. The van der Waals surface area contributed by atoms with Crippen molar-refractivity contribution in [2.24, 2.45) is 5.92 Å². The lowest BCUT2D eigenvalue weighted by molar-refractivity contribution is 0.0702. The average Bonchev–Trinajstić information content (AvgIpc) is 2.81. The van der Waals surface area contributed by atoms with Crippen molar-refractivity contribution < 1.29 is 9.90 Å². The molecular weight excluding hydrogens is 298 g/mol. The van der Waals surface area contributed by atoms with Crippen LogP contribution in [-0.2, 0) is 0 Å². The Bertz CT molecular complexity index is 522. The smallest absolute Gasteiger partial charge is 0.349 e. The van der Waals surface area contributed by atoms with Gasteiger partial charge in [0.1, 0.15) is 0 Å². The fourth-order valence-corrected chi connectivity index (χ4v) is 4.54. The molecule has 3 heterocycles. The lowest BCUT2D eigenvalue weighted by Gasteiger charge is -2.45. The number of hydrogen-bond donors (Lipinski definition) is 1. The number of halogens is 1. The standard InChI is InChI=1S/C13H18ClN3O2S/c1-16-5-2-3-8-7-17(6-4-9(8)16)13-15-11(14)10(20-13)12(18)19/h8-9H,2-7H2,1H3,(H,18,19). The SMILES string of the molecule is CN1CCCC2CN(c3nc(Cl)c(C(=O)O)s3)CCC21. The van der Waals surface area contributed by atoms with E-state index in [4.69, 9.17) is 16.7 Å². The Labute approximate surface area is 127 Å². The van der Waals surface area contributed by atoms with E-state index < -0.39 is 5.97 Å². The van der Waals surface area contributed by atoms with Gasteiger partial charge in [-0.05, 0) is 38.8 Å². The summed E-state index contributed by atoms with van der Waals surface area (Å²) < 4.78 is 0. The molecule has 2 aliphatic rings. The highest BCUT2D eigenvalue weighted by molar-refractivity contribution is 7.18. The molecule has 1 N–H and O–H groups in total. The third-order valence-corrected chi connectivity index (χ3v) is 5.87. The van der Waals surface area contributed by atoms with Gasteiger partial charge in [-0.3, -0.25) is 0 Å². The molecule has 20 heavy (non-hydrogen) atoms. The summed E-state index contributed by atoms with van der Waals surface area (Å²) in [6.45, 7) is 3.07. The Morgan fingerprint density at radius 2 is 2.25 bits per heavy atom. The van der Waals surface area contributed by atoms with Crippen molar-refractivity contribution in [2.75, 3.05) is 31.6 Å². The number of thiazole rings is 1. The maximum atomic E-state index is 11.0. The number of piperidine rings is 2. The Morgan fingerprint density at radius 1 is 1.45 bits per heavy atom. The number of carboxylic acid groups (broad SMARTS) is 1. The van der Waals surface area contributed by atoms with Crippen LogP contribution in [0.2, 0.25) is 5.15 Å². The van der Waals surface area contributed by atoms with Crippen molar-refractivity contribution >= 4 is 34.0 Å². The molecule has 7 heteroatoms. The normalized spacial score (nSPS) is 27.4. The fourth-order valence-electron chi connectivity index (χ4n) is 3.38. The molecule has 2 unspecified atom stereocenters. The first-order valence-electron chi connectivity index (χ1n) is 6.91. The minimum absolute atomic E-state index is 0.111. The number of rotatable bonds is 2. The van der Waals surface area contributed by atoms with Crippen molar-refractivity contribution in [1.29, 1.82) is 0 Å². The minimum Gasteiger partial charge on any atom is -0.477 e. The summed E-state index contributed by atoms with van der Waals surface area (Å²) in [6, 6.07) is 0.661. The maximum absolute atomic E-state index is 11.0. The van der Waals surface area contributed by atoms with Gasteiger partial charge in [0.05, 0.1) is 0 Å². The first-order valence-corrected chi connectivity index (χ1v) is 8.10. The number of anilines is 1. The second-order valence-electron chi connectivity index (χ2n) is 5.61. The lowest BCUT2D eigenvalue weighted by atomic mass is 9.84. The average molecular weight is 316 g/mol. The summed E-state index contributed by atoms with van der Waals surface area (Å²) in [6.07, 6.45) is 3.60. The van der Waals surface area contributed by atoms with Gasteiger partial charge >= 0.3 is 5.97 Å². The van der Waals surface area contributed by atoms with Crippen molar-refractivity contribution in [3.8, 4) is 0 Å². The molecule has 1 aromatic heterocycles. The molecule has 5 nitrogen and oxygen atoms in total. The molecule has 0 aromatic carbocycles. The third kappa shape index (κ3) is 2.52. The zero-order valence-corrected chi connectivity index (χ0v) is 13.0.